The Morgan fingerprint density at radius 2 is 1.46 bits per heavy atom. The highest BCUT2D eigenvalue weighted by Gasteiger charge is 2.21. The Bertz CT molecular complexity index is 757. The third-order valence-electron chi connectivity index (χ3n) is 4.18. The van der Waals surface area contributed by atoms with Crippen molar-refractivity contribution in [3.05, 3.63) is 42.0 Å². The predicted octanol–water partition coefficient (Wildman–Crippen LogP) is 3.94. The van der Waals surface area contributed by atoms with Gasteiger partial charge >= 0.3 is 0 Å². The Balaban J connectivity index is 2.56. The van der Waals surface area contributed by atoms with Gasteiger partial charge in [-0.05, 0) is 32.0 Å². The Labute approximate surface area is 154 Å². The maximum Gasteiger partial charge on any atom is 0.256 e. The fourth-order valence-corrected chi connectivity index (χ4v) is 2.73. The number of nitrogens with zero attached hydrogens (tertiary/aromatic N) is 1. The van der Waals surface area contributed by atoms with E-state index in [1.54, 1.807) is 38.4 Å². The fourth-order valence-electron chi connectivity index (χ4n) is 2.73. The van der Waals surface area contributed by atoms with E-state index >= 15 is 0 Å². The summed E-state index contributed by atoms with van der Waals surface area (Å²) < 4.78 is 16.2. The molecule has 0 aliphatic heterocycles. The van der Waals surface area contributed by atoms with Crippen molar-refractivity contribution < 1.29 is 19.0 Å². The lowest BCUT2D eigenvalue weighted by Crippen LogP contribution is -2.31. The summed E-state index contributed by atoms with van der Waals surface area (Å²) in [5.41, 5.74) is 1.90. The van der Waals surface area contributed by atoms with Gasteiger partial charge in [-0.15, -0.1) is 0 Å². The molecule has 0 bridgehead atoms. The van der Waals surface area contributed by atoms with E-state index in [1.165, 1.54) is 0 Å². The largest absolute Gasteiger partial charge is 0.495 e. The molecular formula is C20H26N2O4. The summed E-state index contributed by atoms with van der Waals surface area (Å²) in [7, 11) is 4.73. The van der Waals surface area contributed by atoms with E-state index in [0.717, 1.165) is 5.69 Å². The molecule has 1 N–H and O–H groups in total. The van der Waals surface area contributed by atoms with Crippen LogP contribution in [-0.2, 0) is 0 Å². The lowest BCUT2D eigenvalue weighted by atomic mass is 10.1. The van der Waals surface area contributed by atoms with E-state index in [-0.39, 0.29) is 5.91 Å². The van der Waals surface area contributed by atoms with Gasteiger partial charge in [-0.2, -0.15) is 0 Å². The average Bonchev–Trinajstić information content (AvgIpc) is 2.68. The highest BCUT2D eigenvalue weighted by atomic mass is 16.5. The SMILES string of the molecule is CCN(CC)C(=O)c1cc(OC)c(OC)cc1Nc1ccccc1OC. The highest BCUT2D eigenvalue weighted by molar-refractivity contribution is 6.01. The Morgan fingerprint density at radius 1 is 0.885 bits per heavy atom. The van der Waals surface area contributed by atoms with Crippen LogP contribution in [0.4, 0.5) is 11.4 Å². The first kappa shape index (κ1) is 19.4. The van der Waals surface area contributed by atoms with Gasteiger partial charge < -0.3 is 24.4 Å². The van der Waals surface area contributed by atoms with Gasteiger partial charge in [0.1, 0.15) is 5.75 Å². The second-order valence-corrected chi connectivity index (χ2v) is 5.56. The number of para-hydroxylation sites is 2. The summed E-state index contributed by atoms with van der Waals surface area (Å²) in [6, 6.07) is 11.0. The van der Waals surface area contributed by atoms with Gasteiger partial charge in [0.2, 0.25) is 0 Å². The van der Waals surface area contributed by atoms with E-state index in [4.69, 9.17) is 14.2 Å². The molecule has 6 heteroatoms. The molecule has 0 aromatic heterocycles. The van der Waals surface area contributed by atoms with E-state index in [0.29, 0.717) is 41.6 Å². The van der Waals surface area contributed by atoms with Gasteiger partial charge in [-0.1, -0.05) is 12.1 Å². The zero-order valence-corrected chi connectivity index (χ0v) is 16.0. The van der Waals surface area contributed by atoms with Crippen molar-refractivity contribution in [1.82, 2.24) is 4.90 Å². The number of carbonyl (C=O) groups excluding carboxylic acids is 1. The molecule has 0 unspecified atom stereocenters. The van der Waals surface area contributed by atoms with Crippen molar-refractivity contribution in [3.63, 3.8) is 0 Å². The molecule has 2 rings (SSSR count). The van der Waals surface area contributed by atoms with Gasteiger partial charge in [0.15, 0.2) is 11.5 Å². The van der Waals surface area contributed by atoms with Gasteiger partial charge in [0, 0.05) is 19.2 Å². The molecule has 0 radical (unpaired) electrons. The topological polar surface area (TPSA) is 60.0 Å². The van der Waals surface area contributed by atoms with Crippen LogP contribution < -0.4 is 19.5 Å². The second-order valence-electron chi connectivity index (χ2n) is 5.56. The fraction of sp³-hybridized carbons (Fsp3) is 0.350. The predicted molar refractivity (Wildman–Crippen MR) is 103 cm³/mol. The van der Waals surface area contributed by atoms with Crippen LogP contribution in [0.15, 0.2) is 36.4 Å². The van der Waals surface area contributed by atoms with E-state index in [9.17, 15) is 4.79 Å². The third-order valence-corrected chi connectivity index (χ3v) is 4.18. The summed E-state index contributed by atoms with van der Waals surface area (Å²) in [6.07, 6.45) is 0. The van der Waals surface area contributed by atoms with Crippen LogP contribution in [0.3, 0.4) is 0 Å². The quantitative estimate of drug-likeness (QED) is 0.774. The molecule has 6 nitrogen and oxygen atoms in total. The Hall–Kier alpha value is -2.89. The van der Waals surface area contributed by atoms with Crippen LogP contribution >= 0.6 is 0 Å². The Kier molecular flexibility index (Phi) is 6.72. The van der Waals surface area contributed by atoms with Crippen LogP contribution in [0.2, 0.25) is 0 Å². The number of hydrogen-bond donors (Lipinski definition) is 1. The summed E-state index contributed by atoms with van der Waals surface area (Å²) in [5, 5.41) is 3.29. The standard InChI is InChI=1S/C20H26N2O4/c1-6-22(7-2)20(23)14-12-18(25-4)19(26-5)13-16(14)21-15-10-8-9-11-17(15)24-3/h8-13,21H,6-7H2,1-5H3. The molecule has 0 saturated heterocycles. The first-order valence-corrected chi connectivity index (χ1v) is 8.54. The van der Waals surface area contributed by atoms with Crippen LogP contribution in [-0.4, -0.2) is 45.2 Å². The smallest absolute Gasteiger partial charge is 0.256 e. The maximum atomic E-state index is 13.0. The molecule has 1 amide bonds. The summed E-state index contributed by atoms with van der Waals surface area (Å²) in [5.74, 6) is 1.66. The van der Waals surface area contributed by atoms with Gasteiger partial charge in [-0.25, -0.2) is 0 Å². The number of anilines is 2. The van der Waals surface area contributed by atoms with Crippen molar-refractivity contribution in [2.45, 2.75) is 13.8 Å². The Morgan fingerprint density at radius 3 is 2.04 bits per heavy atom. The number of rotatable bonds is 8. The number of benzene rings is 2. The minimum atomic E-state index is -0.0756. The second kappa shape index (κ2) is 8.99. The van der Waals surface area contributed by atoms with E-state index in [1.807, 2.05) is 38.1 Å². The number of nitrogens with one attached hydrogen (secondary N) is 1. The molecule has 2 aromatic rings. The minimum Gasteiger partial charge on any atom is -0.495 e. The molecule has 2 aromatic carbocycles. The molecule has 0 fully saturated rings. The molecular weight excluding hydrogens is 332 g/mol. The first-order valence-electron chi connectivity index (χ1n) is 8.54. The minimum absolute atomic E-state index is 0.0756. The number of methoxy groups -OCH3 is 3. The number of hydrogen-bond acceptors (Lipinski definition) is 5. The molecule has 0 atom stereocenters. The lowest BCUT2D eigenvalue weighted by molar-refractivity contribution is 0.0773. The van der Waals surface area contributed by atoms with Gasteiger partial charge in [-0.3, -0.25) is 4.79 Å². The normalized spacial score (nSPS) is 10.2. The molecule has 0 spiro atoms. The van der Waals surface area contributed by atoms with E-state index in [2.05, 4.69) is 5.32 Å². The molecule has 0 aliphatic rings. The average molecular weight is 358 g/mol. The van der Waals surface area contributed by atoms with Crippen LogP contribution in [0.5, 0.6) is 17.2 Å². The van der Waals surface area contributed by atoms with Crippen LogP contribution in [0, 0.1) is 0 Å². The van der Waals surface area contributed by atoms with Gasteiger partial charge in [0.05, 0.1) is 38.3 Å². The first-order chi connectivity index (χ1) is 12.6. The molecule has 0 aliphatic carbocycles. The summed E-state index contributed by atoms with van der Waals surface area (Å²) in [6.45, 7) is 5.15. The van der Waals surface area contributed by atoms with Crippen molar-refractivity contribution in [2.75, 3.05) is 39.7 Å². The van der Waals surface area contributed by atoms with Crippen molar-refractivity contribution in [1.29, 1.82) is 0 Å². The molecule has 0 saturated carbocycles. The maximum absolute atomic E-state index is 13.0. The van der Waals surface area contributed by atoms with Crippen molar-refractivity contribution >= 4 is 17.3 Å². The highest BCUT2D eigenvalue weighted by Crippen LogP contribution is 2.37. The van der Waals surface area contributed by atoms with E-state index < -0.39 is 0 Å². The van der Waals surface area contributed by atoms with Crippen molar-refractivity contribution in [2.24, 2.45) is 0 Å². The van der Waals surface area contributed by atoms with Crippen LogP contribution in [0.25, 0.3) is 0 Å². The third kappa shape index (κ3) is 4.02. The number of carbonyl (C=O) groups is 1. The zero-order valence-electron chi connectivity index (χ0n) is 16.0. The monoisotopic (exact) mass is 358 g/mol. The van der Waals surface area contributed by atoms with Gasteiger partial charge in [0.25, 0.3) is 5.91 Å². The molecule has 0 heterocycles. The number of ether oxygens (including phenoxy) is 3. The molecule has 140 valence electrons. The lowest BCUT2D eigenvalue weighted by Gasteiger charge is -2.22. The number of amides is 1. The summed E-state index contributed by atoms with van der Waals surface area (Å²) >= 11 is 0. The van der Waals surface area contributed by atoms with Crippen molar-refractivity contribution in [3.8, 4) is 17.2 Å². The summed E-state index contributed by atoms with van der Waals surface area (Å²) in [4.78, 5) is 14.8. The zero-order chi connectivity index (χ0) is 19.1. The molecule has 26 heavy (non-hydrogen) atoms. The van der Waals surface area contributed by atoms with Crippen LogP contribution in [0.1, 0.15) is 24.2 Å².